The van der Waals surface area contributed by atoms with Crippen molar-refractivity contribution in [2.45, 2.75) is 32.9 Å². The van der Waals surface area contributed by atoms with Gasteiger partial charge in [-0.05, 0) is 54.4 Å². The monoisotopic (exact) mass is 440 g/mol. The molecule has 0 bridgehead atoms. The molecule has 0 aromatic heterocycles. The molecule has 0 aliphatic heterocycles. The van der Waals surface area contributed by atoms with Gasteiger partial charge in [-0.3, -0.25) is 10.1 Å². The van der Waals surface area contributed by atoms with Crippen LogP contribution in [-0.2, 0) is 13.0 Å². The lowest BCUT2D eigenvalue weighted by atomic mass is 9.99. The second-order valence-corrected chi connectivity index (χ2v) is 7.88. The Morgan fingerprint density at radius 3 is 2.73 bits per heavy atom. The second-order valence-electron chi connectivity index (χ2n) is 7.45. The van der Waals surface area contributed by atoms with Crippen molar-refractivity contribution in [3.8, 4) is 5.75 Å². The molecule has 9 heteroatoms. The molecule has 3 atom stereocenters. The van der Waals surface area contributed by atoms with Gasteiger partial charge in [0.2, 0.25) is 0 Å². The van der Waals surface area contributed by atoms with Gasteiger partial charge in [0.25, 0.3) is 5.69 Å². The van der Waals surface area contributed by atoms with Gasteiger partial charge >= 0.3 is 6.61 Å². The quantitative estimate of drug-likeness (QED) is 0.388. The average molecular weight is 441 g/mol. The van der Waals surface area contributed by atoms with Gasteiger partial charge in [0.15, 0.2) is 0 Å². The van der Waals surface area contributed by atoms with Crippen molar-refractivity contribution in [2.75, 3.05) is 11.9 Å². The molecule has 2 aromatic carbocycles. The van der Waals surface area contributed by atoms with Crippen LogP contribution in [0, 0.1) is 27.9 Å². The summed E-state index contributed by atoms with van der Waals surface area (Å²) in [5.41, 5.74) is 1.40. The Morgan fingerprint density at radius 1 is 1.30 bits per heavy atom. The lowest BCUT2D eigenvalue weighted by Crippen LogP contribution is -2.11. The summed E-state index contributed by atoms with van der Waals surface area (Å²) >= 11 is 5.97. The first-order valence-corrected chi connectivity index (χ1v) is 10.0. The number of alkyl halides is 2. The predicted octanol–water partition coefficient (Wildman–Crippen LogP) is 5.27. The zero-order valence-electron chi connectivity index (χ0n) is 16.4. The molecule has 3 rings (SSSR count). The van der Waals surface area contributed by atoms with Crippen LogP contribution in [0.5, 0.6) is 5.75 Å². The van der Waals surface area contributed by atoms with Crippen molar-refractivity contribution in [1.29, 1.82) is 0 Å². The average Bonchev–Trinajstić information content (AvgIpc) is 3.28. The number of benzene rings is 2. The topological polar surface area (TPSA) is 84.6 Å². The highest BCUT2D eigenvalue weighted by molar-refractivity contribution is 6.31. The van der Waals surface area contributed by atoms with E-state index in [1.54, 1.807) is 6.07 Å². The molecule has 0 saturated heterocycles. The standard InChI is InChI=1S/C21H23ClF2N2O4/c1-12-15(7-8-27)16(12)9-13-3-2-4-20(30-21(23)24)17(13)11-25-18-10-14(22)5-6-19(18)26(28)29/h2-6,10,12,15-16,21,25,27H,7-9,11H2,1H3/t12-,15-,16+/m0/s1. The summed E-state index contributed by atoms with van der Waals surface area (Å²) in [6.07, 6.45) is 1.36. The van der Waals surface area contributed by atoms with E-state index in [0.29, 0.717) is 41.2 Å². The summed E-state index contributed by atoms with van der Waals surface area (Å²) in [5.74, 6) is 1.21. The molecular weight excluding hydrogens is 418 g/mol. The number of hydrogen-bond donors (Lipinski definition) is 2. The smallest absolute Gasteiger partial charge is 0.387 e. The number of nitrogens with zero attached hydrogens (tertiary/aromatic N) is 1. The number of aliphatic hydroxyl groups is 1. The second kappa shape index (κ2) is 9.57. The fraction of sp³-hybridized carbons (Fsp3) is 0.429. The van der Waals surface area contributed by atoms with Crippen LogP contribution in [0.4, 0.5) is 20.2 Å². The van der Waals surface area contributed by atoms with Crippen LogP contribution in [0.15, 0.2) is 36.4 Å². The summed E-state index contributed by atoms with van der Waals surface area (Å²) in [6, 6.07) is 9.10. The summed E-state index contributed by atoms with van der Waals surface area (Å²) < 4.78 is 30.6. The molecule has 162 valence electrons. The maximum atomic E-state index is 12.9. The number of hydrogen-bond acceptors (Lipinski definition) is 5. The van der Waals surface area contributed by atoms with Crippen LogP contribution in [-0.4, -0.2) is 23.2 Å². The van der Waals surface area contributed by atoms with Crippen molar-refractivity contribution >= 4 is 23.0 Å². The molecule has 0 radical (unpaired) electrons. The van der Waals surface area contributed by atoms with E-state index in [0.717, 1.165) is 5.56 Å². The summed E-state index contributed by atoms with van der Waals surface area (Å²) in [5, 5.41) is 23.8. The highest BCUT2D eigenvalue weighted by Gasteiger charge is 2.45. The van der Waals surface area contributed by atoms with E-state index in [9.17, 15) is 24.0 Å². The normalized spacial score (nSPS) is 20.3. The van der Waals surface area contributed by atoms with Crippen LogP contribution in [0.1, 0.15) is 24.5 Å². The Hall–Kier alpha value is -2.45. The lowest BCUT2D eigenvalue weighted by molar-refractivity contribution is -0.384. The Bertz CT molecular complexity index is 913. The first-order valence-electron chi connectivity index (χ1n) is 9.66. The molecule has 0 spiro atoms. The molecule has 1 aliphatic carbocycles. The molecular formula is C21H23ClF2N2O4. The first-order chi connectivity index (χ1) is 14.3. The van der Waals surface area contributed by atoms with E-state index in [-0.39, 0.29) is 30.3 Å². The number of nitro groups is 1. The Morgan fingerprint density at radius 2 is 2.07 bits per heavy atom. The zero-order valence-corrected chi connectivity index (χ0v) is 17.1. The van der Waals surface area contributed by atoms with Crippen molar-refractivity contribution in [3.63, 3.8) is 0 Å². The molecule has 2 aromatic rings. The van der Waals surface area contributed by atoms with Crippen molar-refractivity contribution in [2.24, 2.45) is 17.8 Å². The number of aliphatic hydroxyl groups excluding tert-OH is 1. The minimum absolute atomic E-state index is 0.0340. The Balaban J connectivity index is 1.87. The van der Waals surface area contributed by atoms with Crippen LogP contribution in [0.3, 0.4) is 0 Å². The summed E-state index contributed by atoms with van der Waals surface area (Å²) in [6.45, 7) is -0.697. The van der Waals surface area contributed by atoms with Crippen LogP contribution >= 0.6 is 11.6 Å². The van der Waals surface area contributed by atoms with Gasteiger partial charge in [0.05, 0.1) is 4.92 Å². The highest BCUT2D eigenvalue weighted by atomic mass is 35.5. The van der Waals surface area contributed by atoms with Crippen LogP contribution < -0.4 is 10.1 Å². The fourth-order valence-corrected chi connectivity index (χ4v) is 4.23. The first kappa shape index (κ1) is 22.2. The van der Waals surface area contributed by atoms with Crippen molar-refractivity contribution in [3.05, 3.63) is 62.7 Å². The molecule has 1 aliphatic rings. The third-order valence-electron chi connectivity index (χ3n) is 5.73. The summed E-state index contributed by atoms with van der Waals surface area (Å²) in [4.78, 5) is 10.8. The van der Waals surface area contributed by atoms with Crippen LogP contribution in [0.25, 0.3) is 0 Å². The minimum atomic E-state index is -2.98. The van der Waals surface area contributed by atoms with Gasteiger partial charge in [0.1, 0.15) is 11.4 Å². The van der Waals surface area contributed by atoms with Gasteiger partial charge in [-0.1, -0.05) is 30.7 Å². The maximum Gasteiger partial charge on any atom is 0.387 e. The SMILES string of the molecule is C[C@@H]1[C@@H](Cc2cccc(OC(F)F)c2CNc2cc(Cl)ccc2[N+](=O)[O-])[C@H]1CCO. The zero-order chi connectivity index (χ0) is 21.8. The molecule has 30 heavy (non-hydrogen) atoms. The van der Waals surface area contributed by atoms with E-state index in [1.807, 2.05) is 6.07 Å². The number of rotatable bonds is 10. The third-order valence-corrected chi connectivity index (χ3v) is 5.97. The fourth-order valence-electron chi connectivity index (χ4n) is 4.06. The van der Waals surface area contributed by atoms with Crippen LogP contribution in [0.2, 0.25) is 5.02 Å². The third kappa shape index (κ3) is 5.17. The predicted molar refractivity (Wildman–Crippen MR) is 110 cm³/mol. The number of nitro benzene ring substituents is 1. The minimum Gasteiger partial charge on any atom is -0.434 e. The highest BCUT2D eigenvalue weighted by Crippen LogP contribution is 2.50. The maximum absolute atomic E-state index is 12.9. The van der Waals surface area contributed by atoms with E-state index in [1.165, 1.54) is 24.3 Å². The number of ether oxygens (including phenoxy) is 1. The van der Waals surface area contributed by atoms with E-state index in [2.05, 4.69) is 12.2 Å². The number of halogens is 3. The molecule has 0 unspecified atom stereocenters. The summed E-state index contributed by atoms with van der Waals surface area (Å²) in [7, 11) is 0. The van der Waals surface area contributed by atoms with Gasteiger partial charge in [-0.25, -0.2) is 0 Å². The van der Waals surface area contributed by atoms with E-state index >= 15 is 0 Å². The van der Waals surface area contributed by atoms with E-state index in [4.69, 9.17) is 16.3 Å². The molecule has 1 saturated carbocycles. The van der Waals surface area contributed by atoms with Gasteiger partial charge in [-0.2, -0.15) is 8.78 Å². The lowest BCUT2D eigenvalue weighted by Gasteiger charge is -2.17. The van der Waals surface area contributed by atoms with Gasteiger partial charge in [0, 0.05) is 29.8 Å². The number of nitrogens with one attached hydrogen (secondary N) is 1. The van der Waals surface area contributed by atoms with Gasteiger partial charge < -0.3 is 15.2 Å². The Labute approximate surface area is 178 Å². The Kier molecular flexibility index (Phi) is 7.10. The largest absolute Gasteiger partial charge is 0.434 e. The molecule has 1 fully saturated rings. The number of anilines is 1. The van der Waals surface area contributed by atoms with Crippen molar-refractivity contribution < 1.29 is 23.5 Å². The molecule has 0 amide bonds. The van der Waals surface area contributed by atoms with Crippen molar-refractivity contribution in [1.82, 2.24) is 0 Å². The molecule has 0 heterocycles. The van der Waals surface area contributed by atoms with Gasteiger partial charge in [-0.15, -0.1) is 0 Å². The molecule has 6 nitrogen and oxygen atoms in total. The van der Waals surface area contributed by atoms with E-state index < -0.39 is 11.5 Å². The molecule has 2 N–H and O–H groups in total.